The van der Waals surface area contributed by atoms with E-state index in [1.165, 1.54) is 17.0 Å². The van der Waals surface area contributed by atoms with Crippen molar-refractivity contribution in [1.29, 1.82) is 0 Å². The summed E-state index contributed by atoms with van der Waals surface area (Å²) in [7, 11) is 1.55. The predicted octanol–water partition coefficient (Wildman–Crippen LogP) is 4.77. The zero-order chi connectivity index (χ0) is 30.3. The van der Waals surface area contributed by atoms with Gasteiger partial charge >= 0.3 is 6.18 Å². The predicted molar refractivity (Wildman–Crippen MR) is 155 cm³/mol. The van der Waals surface area contributed by atoms with Gasteiger partial charge in [-0.25, -0.2) is 4.98 Å². The van der Waals surface area contributed by atoms with E-state index in [2.05, 4.69) is 33.1 Å². The first-order chi connectivity index (χ1) is 19.9. The van der Waals surface area contributed by atoms with Crippen molar-refractivity contribution in [3.8, 4) is 5.69 Å². The lowest BCUT2D eigenvalue weighted by molar-refractivity contribution is -0.138. The minimum Gasteiger partial charge on any atom is -0.355 e. The molecule has 1 saturated heterocycles. The van der Waals surface area contributed by atoms with Gasteiger partial charge in [0.1, 0.15) is 5.82 Å². The van der Waals surface area contributed by atoms with Gasteiger partial charge in [-0.1, -0.05) is 22.9 Å². The normalized spacial score (nSPS) is 19.1. The Bertz CT molecular complexity index is 1590. The van der Waals surface area contributed by atoms with Crippen LogP contribution in [0.1, 0.15) is 69.5 Å². The van der Waals surface area contributed by atoms with E-state index < -0.39 is 23.7 Å². The van der Waals surface area contributed by atoms with Gasteiger partial charge in [-0.2, -0.15) is 13.2 Å². The van der Waals surface area contributed by atoms with Gasteiger partial charge in [0.2, 0.25) is 0 Å². The smallest absolute Gasteiger partial charge is 0.355 e. The van der Waals surface area contributed by atoms with Crippen LogP contribution in [0.15, 0.2) is 51.7 Å². The maximum atomic E-state index is 14.1. The van der Waals surface area contributed by atoms with Crippen LogP contribution in [0, 0.1) is 0 Å². The number of aromatic nitrogens is 2. The molecule has 1 unspecified atom stereocenters. The number of nitrogens with one attached hydrogen (secondary N) is 1. The molecule has 8 nitrogen and oxygen atoms in total. The van der Waals surface area contributed by atoms with Crippen molar-refractivity contribution in [2.45, 2.75) is 51.4 Å². The third-order valence-corrected chi connectivity index (χ3v) is 8.81. The second kappa shape index (κ2) is 11.6. The largest absolute Gasteiger partial charge is 0.417 e. The molecule has 1 aromatic heterocycles. The molecule has 222 valence electrons. The molecule has 0 radical (unpaired) electrons. The Labute approximate surface area is 249 Å². The number of likely N-dealkylation sites (N-methyl/N-ethyl adjacent to an activating group) is 1. The third kappa shape index (κ3) is 5.61. The van der Waals surface area contributed by atoms with Crippen molar-refractivity contribution in [3.05, 3.63) is 91.1 Å². The average Bonchev–Trinajstić information content (AvgIpc) is 3.45. The minimum absolute atomic E-state index is 0.00957. The van der Waals surface area contributed by atoms with Crippen molar-refractivity contribution in [2.24, 2.45) is 0 Å². The summed E-state index contributed by atoms with van der Waals surface area (Å²) >= 11 is 2.93. The van der Waals surface area contributed by atoms with Crippen LogP contribution in [0.5, 0.6) is 0 Å². The van der Waals surface area contributed by atoms with Crippen molar-refractivity contribution in [2.75, 3.05) is 26.7 Å². The lowest BCUT2D eigenvalue weighted by Crippen LogP contribution is -2.46. The summed E-state index contributed by atoms with van der Waals surface area (Å²) in [6, 6.07) is 9.76. The fourth-order valence-electron chi connectivity index (χ4n) is 5.75. The number of likely N-dealkylation sites (tertiary alicyclic amines) is 1. The summed E-state index contributed by atoms with van der Waals surface area (Å²) < 4.78 is 42.1. The first-order valence-electron chi connectivity index (χ1n) is 13.8. The molecule has 3 aromatic rings. The van der Waals surface area contributed by atoms with E-state index in [4.69, 9.17) is 4.98 Å². The number of carbonyl (C=O) groups excluding carboxylic acids is 2. The second-order valence-electron chi connectivity index (χ2n) is 10.7. The molecule has 42 heavy (non-hydrogen) atoms. The molecule has 3 heterocycles. The molecule has 2 amide bonds. The van der Waals surface area contributed by atoms with Crippen LogP contribution in [0.3, 0.4) is 0 Å². The van der Waals surface area contributed by atoms with Crippen LogP contribution in [-0.4, -0.2) is 63.9 Å². The van der Waals surface area contributed by atoms with Gasteiger partial charge in [-0.05, 0) is 75.3 Å². The fraction of sp³-hybridized carbons (Fsp3) is 0.400. The molecule has 2 aromatic carbocycles. The number of fused-ring (bicyclic) bond motifs is 1. The summed E-state index contributed by atoms with van der Waals surface area (Å²) in [6.07, 6.45) is -3.62. The third-order valence-electron chi connectivity index (χ3n) is 8.12. The van der Waals surface area contributed by atoms with Crippen molar-refractivity contribution in [1.82, 2.24) is 24.7 Å². The van der Waals surface area contributed by atoms with Crippen LogP contribution in [0.25, 0.3) is 5.69 Å². The molecule has 2 atom stereocenters. The topological polar surface area (TPSA) is 87.5 Å². The zero-order valence-corrected chi connectivity index (χ0v) is 25.1. The lowest BCUT2D eigenvalue weighted by atomic mass is 9.97. The van der Waals surface area contributed by atoms with Gasteiger partial charge in [-0.3, -0.25) is 19.0 Å². The van der Waals surface area contributed by atoms with Gasteiger partial charge < -0.3 is 15.1 Å². The molecule has 2 aliphatic heterocycles. The number of halogens is 4. The molecule has 1 N–H and O–H groups in total. The highest BCUT2D eigenvalue weighted by atomic mass is 79.9. The summed E-state index contributed by atoms with van der Waals surface area (Å²) in [5.41, 5.74) is 0.744. The molecule has 0 saturated carbocycles. The summed E-state index contributed by atoms with van der Waals surface area (Å²) in [5.74, 6) is -0.251. The number of hydrogen-bond donors (Lipinski definition) is 1. The molecule has 0 bridgehead atoms. The molecule has 0 aliphatic carbocycles. The standard InChI is InChI=1S/C30H31BrF3N5O3/c1-4-37-12-11-20(15-37)26-36-25-16-38(28(41)19-7-10-24(31)23(14-19)30(32,33)34)17(2)13-22(25)29(42)39(26)21-8-5-18(6-9-21)27(40)35-3/h5-10,14,17,20H,4,11-13,15-16H2,1-3H3,(H,35,40)/t17-,20?/m1/s1. The fourth-order valence-corrected chi connectivity index (χ4v) is 6.22. The number of nitrogens with zero attached hydrogens (tertiary/aromatic N) is 4. The maximum Gasteiger partial charge on any atom is 0.417 e. The number of hydrogen-bond acceptors (Lipinski definition) is 5. The second-order valence-corrected chi connectivity index (χ2v) is 11.6. The first-order valence-corrected chi connectivity index (χ1v) is 14.6. The summed E-state index contributed by atoms with van der Waals surface area (Å²) in [5, 5.41) is 2.59. The van der Waals surface area contributed by atoms with Crippen LogP contribution < -0.4 is 10.9 Å². The summed E-state index contributed by atoms with van der Waals surface area (Å²) in [4.78, 5) is 48.4. The molecular formula is C30H31BrF3N5O3. The Kier molecular flexibility index (Phi) is 8.30. The molecule has 1 fully saturated rings. The highest BCUT2D eigenvalue weighted by Crippen LogP contribution is 2.36. The molecular weight excluding hydrogens is 615 g/mol. The van der Waals surface area contributed by atoms with Gasteiger partial charge in [0.05, 0.1) is 23.5 Å². The Hall–Kier alpha value is -3.51. The average molecular weight is 647 g/mol. The first kappa shape index (κ1) is 30.0. The highest BCUT2D eigenvalue weighted by Gasteiger charge is 2.37. The molecule has 5 rings (SSSR count). The highest BCUT2D eigenvalue weighted by molar-refractivity contribution is 9.10. The van der Waals surface area contributed by atoms with Crippen LogP contribution in [0.2, 0.25) is 0 Å². The van der Waals surface area contributed by atoms with E-state index in [1.807, 2.05) is 0 Å². The van der Waals surface area contributed by atoms with Gasteiger partial charge in [0.25, 0.3) is 17.4 Å². The van der Waals surface area contributed by atoms with Crippen molar-refractivity contribution in [3.63, 3.8) is 0 Å². The van der Waals surface area contributed by atoms with E-state index in [1.54, 1.807) is 42.8 Å². The van der Waals surface area contributed by atoms with E-state index in [-0.39, 0.29) is 40.4 Å². The Balaban J connectivity index is 1.56. The molecule has 0 spiro atoms. The number of amides is 2. The van der Waals surface area contributed by atoms with E-state index in [9.17, 15) is 27.6 Å². The van der Waals surface area contributed by atoms with E-state index >= 15 is 0 Å². The lowest BCUT2D eigenvalue weighted by Gasteiger charge is -2.35. The van der Waals surface area contributed by atoms with Gasteiger partial charge in [0.15, 0.2) is 0 Å². The monoisotopic (exact) mass is 645 g/mol. The van der Waals surface area contributed by atoms with Crippen LogP contribution in [-0.2, 0) is 19.1 Å². The van der Waals surface area contributed by atoms with Crippen LogP contribution >= 0.6 is 15.9 Å². The number of rotatable bonds is 5. The number of alkyl halides is 3. The van der Waals surface area contributed by atoms with Gasteiger partial charge in [-0.15, -0.1) is 0 Å². The maximum absolute atomic E-state index is 14.1. The van der Waals surface area contributed by atoms with Gasteiger partial charge in [0, 0.05) is 46.7 Å². The molecule has 12 heteroatoms. The van der Waals surface area contributed by atoms with Crippen molar-refractivity contribution < 1.29 is 22.8 Å². The molecule has 2 aliphatic rings. The zero-order valence-electron chi connectivity index (χ0n) is 23.5. The Morgan fingerprint density at radius 3 is 2.43 bits per heavy atom. The van der Waals surface area contributed by atoms with E-state index in [0.717, 1.165) is 32.1 Å². The number of carbonyl (C=O) groups is 2. The van der Waals surface area contributed by atoms with Crippen LogP contribution in [0.4, 0.5) is 13.2 Å². The quantitative estimate of drug-likeness (QED) is 0.432. The summed E-state index contributed by atoms with van der Waals surface area (Å²) in [6.45, 7) is 6.29. The number of benzene rings is 2. The minimum atomic E-state index is -4.62. The van der Waals surface area contributed by atoms with E-state index in [0.29, 0.717) is 28.3 Å². The Morgan fingerprint density at radius 2 is 1.81 bits per heavy atom. The van der Waals surface area contributed by atoms with Crippen molar-refractivity contribution >= 4 is 27.7 Å². The SMILES string of the molecule is CCN1CCC(c2nc3c(c(=O)n2-c2ccc(C(=O)NC)cc2)C[C@@H](C)N(C(=O)c2ccc(Br)c(C(F)(F)F)c2)C3)C1. The Morgan fingerprint density at radius 1 is 1.12 bits per heavy atom.